The predicted octanol–water partition coefficient (Wildman–Crippen LogP) is 8.82. The molecule has 0 saturated heterocycles. The van der Waals surface area contributed by atoms with Crippen molar-refractivity contribution >= 4 is 67.9 Å². The lowest BCUT2D eigenvalue weighted by Gasteiger charge is -2.27. The molecule has 3 aromatic heterocycles. The Balaban J connectivity index is 1.63. The normalized spacial score (nSPS) is 17.1. The highest BCUT2D eigenvalue weighted by Crippen LogP contribution is 2.55. The van der Waals surface area contributed by atoms with E-state index in [4.69, 9.17) is 11.6 Å². The van der Waals surface area contributed by atoms with E-state index in [1.165, 1.54) is 26.0 Å². The van der Waals surface area contributed by atoms with Crippen molar-refractivity contribution in [3.8, 4) is 11.1 Å². The summed E-state index contributed by atoms with van der Waals surface area (Å²) >= 11 is 6.67. The van der Waals surface area contributed by atoms with Crippen LogP contribution < -0.4 is 9.62 Å². The Labute approximate surface area is 438 Å². The summed E-state index contributed by atoms with van der Waals surface area (Å²) in [6.45, 7) is 1.90. The van der Waals surface area contributed by atoms with Gasteiger partial charge in [0.1, 0.15) is 30.4 Å². The number of anilines is 1. The molecule has 77 heavy (non-hydrogen) atoms. The number of rotatable bonds is 18. The lowest BCUT2D eigenvalue weighted by atomic mass is 9.93. The van der Waals surface area contributed by atoms with Gasteiger partial charge in [0, 0.05) is 54.2 Å². The Kier molecular flexibility index (Phi) is 16.9. The van der Waals surface area contributed by atoms with E-state index in [-0.39, 0.29) is 48.9 Å². The first-order valence-electron chi connectivity index (χ1n) is 22.8. The topological polar surface area (TPSA) is 236 Å². The molecule has 5 aromatic rings. The minimum atomic E-state index is -5.28. The molecule has 424 valence electrons. The second-order valence-corrected chi connectivity index (χ2v) is 25.4. The zero-order valence-corrected chi connectivity index (χ0v) is 45.1. The van der Waals surface area contributed by atoms with Crippen molar-refractivity contribution in [3.63, 3.8) is 0 Å². The lowest BCUT2D eigenvalue weighted by molar-refractivity contribution is -0.143. The number of nitrogens with zero attached hydrogens (tertiary/aromatic N) is 7. The molecule has 0 aliphatic heterocycles. The SMILES string of the molecule is C[C@H](CN(C)C(=O)N(c1nn(CC(F)(F)F)c2c(-c3ccc(CCC(C)(C)S(C)(=O)=O)nc3[C@H](Cc3cc(F)cc(F)c3)NC(=O)Cn3nc(C(F)(F)F)c4c3C(F)(F)[C@H](C)[C@@H]4C)ccc(Cl)c12)S(C)(=O)=O)OP(=O)(O)O. The summed E-state index contributed by atoms with van der Waals surface area (Å²) in [7, 11) is -13.0. The average molecular weight is 1180 g/mol. The van der Waals surface area contributed by atoms with Gasteiger partial charge in [0.05, 0.1) is 44.8 Å². The number of carbonyl (C=O) groups excluding carboxylic acids is 2. The van der Waals surface area contributed by atoms with Crippen LogP contribution in [-0.2, 0) is 71.8 Å². The molecule has 3 heterocycles. The van der Waals surface area contributed by atoms with Crippen molar-refractivity contribution < 1.29 is 89.2 Å². The van der Waals surface area contributed by atoms with Gasteiger partial charge in [-0.3, -0.25) is 23.7 Å². The fourth-order valence-electron chi connectivity index (χ4n) is 8.86. The molecule has 18 nitrogen and oxygen atoms in total. The number of benzene rings is 2. The van der Waals surface area contributed by atoms with Crippen molar-refractivity contribution in [1.29, 1.82) is 0 Å². The quantitative estimate of drug-likeness (QED) is 0.0550. The number of phosphoric acid groups is 1. The van der Waals surface area contributed by atoms with Crippen LogP contribution in [0.4, 0.5) is 54.5 Å². The highest BCUT2D eigenvalue weighted by atomic mass is 35.5. The van der Waals surface area contributed by atoms with E-state index in [0.717, 1.165) is 58.3 Å². The van der Waals surface area contributed by atoms with Gasteiger partial charge in [-0.05, 0) is 75.8 Å². The number of phosphoric ester groups is 1. The Hall–Kier alpha value is -5.39. The number of sulfone groups is 1. The smallest absolute Gasteiger partial charge is 0.346 e. The van der Waals surface area contributed by atoms with Crippen molar-refractivity contribution in [2.75, 3.05) is 30.4 Å². The maximum absolute atomic E-state index is 15.8. The van der Waals surface area contributed by atoms with E-state index in [1.807, 2.05) is 0 Å². The molecule has 0 bridgehead atoms. The summed E-state index contributed by atoms with van der Waals surface area (Å²) in [6.07, 6.45) is -11.6. The Morgan fingerprint density at radius 3 is 2.09 bits per heavy atom. The number of likely N-dealkylation sites (N-methyl/N-ethyl adjacent to an activating group) is 1. The molecule has 0 unspecified atom stereocenters. The molecule has 0 spiro atoms. The maximum Gasteiger partial charge on any atom is 0.469 e. The van der Waals surface area contributed by atoms with Gasteiger partial charge in [-0.25, -0.2) is 35.0 Å². The first kappa shape index (κ1) is 60.8. The van der Waals surface area contributed by atoms with Crippen molar-refractivity contribution in [3.05, 3.63) is 93.0 Å². The summed E-state index contributed by atoms with van der Waals surface area (Å²) in [4.78, 5) is 52.2. The van der Waals surface area contributed by atoms with Crippen LogP contribution in [0.15, 0.2) is 42.5 Å². The van der Waals surface area contributed by atoms with Crippen molar-refractivity contribution in [2.45, 2.75) is 108 Å². The molecule has 32 heteroatoms. The zero-order valence-electron chi connectivity index (χ0n) is 41.8. The molecule has 2 aromatic carbocycles. The van der Waals surface area contributed by atoms with Gasteiger partial charge in [0.2, 0.25) is 15.9 Å². The fourth-order valence-corrected chi connectivity index (χ4v) is 11.0. The number of nitrogens with one attached hydrogen (secondary N) is 1. The number of fused-ring (bicyclic) bond motifs is 2. The second-order valence-electron chi connectivity index (χ2n) is 19.3. The van der Waals surface area contributed by atoms with Crippen molar-refractivity contribution in [2.24, 2.45) is 5.92 Å². The number of pyridine rings is 1. The first-order chi connectivity index (χ1) is 35.0. The van der Waals surface area contributed by atoms with Gasteiger partial charge in [0.15, 0.2) is 21.3 Å². The number of aryl methyl sites for hydroxylation is 1. The Morgan fingerprint density at radius 2 is 1.55 bits per heavy atom. The molecule has 3 amide bonds. The molecular weight excluding hydrogens is 1130 g/mol. The number of alkyl halides is 8. The summed E-state index contributed by atoms with van der Waals surface area (Å²) in [5.74, 6) is -11.8. The number of carbonyl (C=O) groups is 2. The van der Waals surface area contributed by atoms with Gasteiger partial charge in [-0.2, -0.15) is 49.6 Å². The molecule has 1 aliphatic carbocycles. The minimum absolute atomic E-state index is 0.0102. The van der Waals surface area contributed by atoms with E-state index in [0.29, 0.717) is 17.2 Å². The lowest BCUT2D eigenvalue weighted by Crippen LogP contribution is -2.47. The van der Waals surface area contributed by atoms with Crippen LogP contribution in [0, 0.1) is 17.6 Å². The molecule has 3 N–H and O–H groups in total. The molecule has 0 fully saturated rings. The second kappa shape index (κ2) is 21.3. The third-order valence-electron chi connectivity index (χ3n) is 13.0. The standard InChI is InChI=1S/C45H50ClF10N8O10PS2/c1-22(74-75(67,68)69)19-61(6)41(66)64(77(8,72)73)40-35-31(46)12-11-30(37(35)63(60-40)21-43(49,50)51)29-10-9-28(13-14-42(4,5)76(7,70)71)57-36(29)32(17-25-15-26(47)18-27(48)16-25)58-33(65)20-62-39-34(38(59-62)45(54,55)56)23(2)24(3)44(39,52)53/h9-12,15-16,18,22-24,32H,13-14,17,19-21H2,1-8H3,(H,58,65)(H2,67,68,69)/t22-,23+,24-,32+/m1/s1. The third-order valence-corrected chi connectivity index (χ3v) is 17.1. The first-order valence-corrected chi connectivity index (χ1v) is 28.4. The van der Waals surface area contributed by atoms with Crippen LogP contribution >= 0.6 is 19.4 Å². The number of hydrogen-bond acceptors (Lipinski definition) is 11. The predicted molar refractivity (Wildman–Crippen MR) is 259 cm³/mol. The number of sulfonamides is 1. The van der Waals surface area contributed by atoms with Crippen LogP contribution in [0.3, 0.4) is 0 Å². The third kappa shape index (κ3) is 13.4. The van der Waals surface area contributed by atoms with Crippen LogP contribution in [-0.4, -0.2) is 111 Å². The van der Waals surface area contributed by atoms with Crippen LogP contribution in [0.2, 0.25) is 5.02 Å². The highest BCUT2D eigenvalue weighted by Gasteiger charge is 2.57. The van der Waals surface area contributed by atoms with Gasteiger partial charge < -0.3 is 20.0 Å². The summed E-state index contributed by atoms with van der Waals surface area (Å²) in [6, 6.07) is 3.35. The molecule has 0 saturated carbocycles. The van der Waals surface area contributed by atoms with E-state index >= 15 is 8.78 Å². The number of halogens is 11. The Morgan fingerprint density at radius 1 is 0.948 bits per heavy atom. The highest BCUT2D eigenvalue weighted by molar-refractivity contribution is 7.93. The largest absolute Gasteiger partial charge is 0.469 e. The fraction of sp³-hybridized carbons (Fsp3) is 0.489. The number of aromatic nitrogens is 5. The summed E-state index contributed by atoms with van der Waals surface area (Å²) in [5.41, 5.74) is -5.81. The average Bonchev–Trinajstić information content (AvgIpc) is 3.87. The van der Waals surface area contributed by atoms with Gasteiger partial charge in [0.25, 0.3) is 5.92 Å². The maximum atomic E-state index is 15.8. The number of amides is 3. The van der Waals surface area contributed by atoms with E-state index in [1.54, 1.807) is 0 Å². The van der Waals surface area contributed by atoms with E-state index in [2.05, 4.69) is 25.0 Å². The summed E-state index contributed by atoms with van der Waals surface area (Å²) in [5, 5.41) is 8.57. The Bertz CT molecular complexity index is 3390. The van der Waals surface area contributed by atoms with Gasteiger partial charge in [-0.1, -0.05) is 37.6 Å². The number of hydrogen-bond donors (Lipinski definition) is 3. The molecule has 4 atom stereocenters. The zero-order chi connectivity index (χ0) is 58.1. The molecule has 0 radical (unpaired) electrons. The van der Waals surface area contributed by atoms with E-state index < -0.39 is 169 Å². The van der Waals surface area contributed by atoms with E-state index in [9.17, 15) is 75.9 Å². The number of urea groups is 1. The van der Waals surface area contributed by atoms with Crippen LogP contribution in [0.5, 0.6) is 0 Å². The molecular formula is C45H50ClF10N8O10PS2. The summed E-state index contributed by atoms with van der Waals surface area (Å²) < 4.78 is 216. The molecule has 6 rings (SSSR count). The van der Waals surface area contributed by atoms with Crippen LogP contribution in [0.25, 0.3) is 22.0 Å². The van der Waals surface area contributed by atoms with Gasteiger partial charge in [-0.15, -0.1) is 0 Å². The monoisotopic (exact) mass is 1180 g/mol. The minimum Gasteiger partial charge on any atom is -0.346 e. The van der Waals surface area contributed by atoms with Crippen LogP contribution in [0.1, 0.15) is 86.9 Å². The van der Waals surface area contributed by atoms with Crippen molar-refractivity contribution in [1.82, 2.24) is 34.8 Å². The van der Waals surface area contributed by atoms with Gasteiger partial charge >= 0.3 is 26.2 Å². The molecule has 1 aliphatic rings.